The van der Waals surface area contributed by atoms with Gasteiger partial charge in [-0.05, 0) is 25.0 Å². The van der Waals surface area contributed by atoms with Gasteiger partial charge in [-0.1, -0.05) is 30.9 Å². The van der Waals surface area contributed by atoms with Gasteiger partial charge in [0.1, 0.15) is 6.10 Å². The van der Waals surface area contributed by atoms with Crippen molar-refractivity contribution in [1.29, 1.82) is 0 Å². The second kappa shape index (κ2) is 8.74. The van der Waals surface area contributed by atoms with Crippen molar-refractivity contribution >= 4 is 17.7 Å². The first kappa shape index (κ1) is 15.8. The van der Waals surface area contributed by atoms with Crippen LogP contribution in [-0.4, -0.2) is 24.8 Å². The molecule has 0 aliphatic heterocycles. The standard InChI is InChI=1S/C15H19NO4/c1-3-14(20-12(2)17)10-7-11-19-15(18)16-13-8-5-4-6-9-13/h3-6,8-9,14H,1,7,10-11H2,2H3,(H,16,18). The lowest BCUT2D eigenvalue weighted by Crippen LogP contribution is -2.17. The monoisotopic (exact) mass is 277 g/mol. The van der Waals surface area contributed by atoms with Crippen LogP contribution in [0.2, 0.25) is 0 Å². The average Bonchev–Trinajstić information content (AvgIpc) is 2.43. The molecule has 1 N–H and O–H groups in total. The minimum Gasteiger partial charge on any atom is -0.458 e. The van der Waals surface area contributed by atoms with Gasteiger partial charge in [-0.2, -0.15) is 0 Å². The lowest BCUT2D eigenvalue weighted by atomic mass is 10.2. The van der Waals surface area contributed by atoms with Crippen molar-refractivity contribution in [1.82, 2.24) is 0 Å². The molecule has 0 bridgehead atoms. The molecule has 1 aromatic carbocycles. The predicted octanol–water partition coefficient (Wildman–Crippen LogP) is 3.13. The number of rotatable bonds is 7. The van der Waals surface area contributed by atoms with E-state index in [1.54, 1.807) is 18.2 Å². The Labute approximate surface area is 118 Å². The zero-order chi connectivity index (χ0) is 14.8. The summed E-state index contributed by atoms with van der Waals surface area (Å²) in [5, 5.41) is 2.61. The zero-order valence-electron chi connectivity index (χ0n) is 11.5. The summed E-state index contributed by atoms with van der Waals surface area (Å²) >= 11 is 0. The highest BCUT2D eigenvalue weighted by Crippen LogP contribution is 2.07. The number of carbonyl (C=O) groups excluding carboxylic acids is 2. The second-order valence-corrected chi connectivity index (χ2v) is 4.15. The van der Waals surface area contributed by atoms with Crippen LogP contribution in [0.1, 0.15) is 19.8 Å². The number of carbonyl (C=O) groups is 2. The molecule has 0 saturated heterocycles. The summed E-state index contributed by atoms with van der Waals surface area (Å²) in [6.45, 7) is 5.19. The number of hydrogen-bond donors (Lipinski definition) is 1. The first-order valence-corrected chi connectivity index (χ1v) is 6.40. The maximum atomic E-state index is 11.5. The van der Waals surface area contributed by atoms with Crippen LogP contribution in [0.5, 0.6) is 0 Å². The number of nitrogens with one attached hydrogen (secondary N) is 1. The van der Waals surface area contributed by atoms with E-state index in [1.165, 1.54) is 6.92 Å². The average molecular weight is 277 g/mol. The topological polar surface area (TPSA) is 64.6 Å². The van der Waals surface area contributed by atoms with Crippen molar-refractivity contribution < 1.29 is 19.1 Å². The van der Waals surface area contributed by atoms with Gasteiger partial charge in [0.25, 0.3) is 0 Å². The van der Waals surface area contributed by atoms with Gasteiger partial charge < -0.3 is 9.47 Å². The molecule has 5 heteroatoms. The smallest absolute Gasteiger partial charge is 0.411 e. The molecular weight excluding hydrogens is 258 g/mol. The molecule has 1 atom stereocenters. The normalized spacial score (nSPS) is 11.2. The zero-order valence-corrected chi connectivity index (χ0v) is 11.5. The van der Waals surface area contributed by atoms with Crippen molar-refractivity contribution in [2.24, 2.45) is 0 Å². The quantitative estimate of drug-likeness (QED) is 0.472. The maximum Gasteiger partial charge on any atom is 0.411 e. The Kier molecular flexibility index (Phi) is 6.89. The summed E-state index contributed by atoms with van der Waals surface area (Å²) in [4.78, 5) is 22.3. The van der Waals surface area contributed by atoms with E-state index in [2.05, 4.69) is 11.9 Å². The lowest BCUT2D eigenvalue weighted by molar-refractivity contribution is -0.144. The van der Waals surface area contributed by atoms with E-state index in [-0.39, 0.29) is 18.7 Å². The van der Waals surface area contributed by atoms with Crippen molar-refractivity contribution in [3.8, 4) is 0 Å². The van der Waals surface area contributed by atoms with E-state index < -0.39 is 6.09 Å². The largest absolute Gasteiger partial charge is 0.458 e. The molecular formula is C15H19NO4. The van der Waals surface area contributed by atoms with Crippen molar-refractivity contribution in [2.75, 3.05) is 11.9 Å². The molecule has 0 fully saturated rings. The fraction of sp³-hybridized carbons (Fsp3) is 0.333. The molecule has 1 rings (SSSR count). The molecule has 0 aliphatic carbocycles. The Morgan fingerprint density at radius 3 is 2.65 bits per heavy atom. The van der Waals surface area contributed by atoms with Gasteiger partial charge >= 0.3 is 12.1 Å². The SMILES string of the molecule is C=CC(CCCOC(=O)Nc1ccccc1)OC(C)=O. The Bertz CT molecular complexity index is 444. The van der Waals surface area contributed by atoms with Crippen LogP contribution in [0, 0.1) is 0 Å². The summed E-state index contributed by atoms with van der Waals surface area (Å²) in [6.07, 6.45) is 1.88. The third-order valence-electron chi connectivity index (χ3n) is 2.47. The minimum absolute atomic E-state index is 0.254. The molecule has 0 spiro atoms. The fourth-order valence-electron chi connectivity index (χ4n) is 1.56. The van der Waals surface area contributed by atoms with Gasteiger partial charge in [0, 0.05) is 12.6 Å². The highest BCUT2D eigenvalue weighted by Gasteiger charge is 2.08. The van der Waals surface area contributed by atoms with Crippen LogP contribution in [0.15, 0.2) is 43.0 Å². The highest BCUT2D eigenvalue weighted by molar-refractivity contribution is 5.84. The van der Waals surface area contributed by atoms with Crippen LogP contribution >= 0.6 is 0 Å². The molecule has 1 amide bonds. The Morgan fingerprint density at radius 2 is 2.05 bits per heavy atom. The summed E-state index contributed by atoms with van der Waals surface area (Å²) < 4.78 is 10.0. The van der Waals surface area contributed by atoms with Crippen molar-refractivity contribution in [3.05, 3.63) is 43.0 Å². The highest BCUT2D eigenvalue weighted by atomic mass is 16.6. The lowest BCUT2D eigenvalue weighted by Gasteiger charge is -2.12. The van der Waals surface area contributed by atoms with Crippen molar-refractivity contribution in [2.45, 2.75) is 25.9 Å². The third kappa shape index (κ3) is 6.58. The van der Waals surface area contributed by atoms with E-state index in [4.69, 9.17) is 9.47 Å². The Morgan fingerprint density at radius 1 is 1.35 bits per heavy atom. The van der Waals surface area contributed by atoms with E-state index in [0.29, 0.717) is 18.5 Å². The summed E-state index contributed by atoms with van der Waals surface area (Å²) in [6, 6.07) is 9.05. The van der Waals surface area contributed by atoms with E-state index in [0.717, 1.165) is 0 Å². The summed E-state index contributed by atoms with van der Waals surface area (Å²) in [7, 11) is 0. The van der Waals surface area contributed by atoms with Gasteiger partial charge in [-0.25, -0.2) is 4.79 Å². The molecule has 0 aromatic heterocycles. The molecule has 0 saturated carbocycles. The second-order valence-electron chi connectivity index (χ2n) is 4.15. The van der Waals surface area contributed by atoms with Crippen LogP contribution in [-0.2, 0) is 14.3 Å². The number of hydrogen-bond acceptors (Lipinski definition) is 4. The molecule has 0 heterocycles. The maximum absolute atomic E-state index is 11.5. The van der Waals surface area contributed by atoms with Crippen molar-refractivity contribution in [3.63, 3.8) is 0 Å². The number of benzene rings is 1. The summed E-state index contributed by atoms with van der Waals surface area (Å²) in [5.41, 5.74) is 0.682. The number of ether oxygens (including phenoxy) is 2. The molecule has 108 valence electrons. The molecule has 0 radical (unpaired) electrons. The van der Waals surface area contributed by atoms with Gasteiger partial charge in [0.2, 0.25) is 0 Å². The predicted molar refractivity (Wildman–Crippen MR) is 76.4 cm³/mol. The fourth-order valence-corrected chi connectivity index (χ4v) is 1.56. The molecule has 5 nitrogen and oxygen atoms in total. The van der Waals surface area contributed by atoms with Crippen LogP contribution in [0.3, 0.4) is 0 Å². The van der Waals surface area contributed by atoms with E-state index in [1.807, 2.05) is 18.2 Å². The first-order chi connectivity index (χ1) is 9.61. The van der Waals surface area contributed by atoms with Crippen LogP contribution in [0.4, 0.5) is 10.5 Å². The number of amides is 1. The molecule has 0 aliphatic rings. The Balaban J connectivity index is 2.18. The minimum atomic E-state index is -0.501. The van der Waals surface area contributed by atoms with E-state index in [9.17, 15) is 9.59 Å². The Hall–Kier alpha value is -2.30. The number of anilines is 1. The first-order valence-electron chi connectivity index (χ1n) is 6.40. The van der Waals surface area contributed by atoms with E-state index >= 15 is 0 Å². The third-order valence-corrected chi connectivity index (χ3v) is 2.47. The molecule has 1 aromatic rings. The number of para-hydroxylation sites is 1. The van der Waals surface area contributed by atoms with Gasteiger partial charge in [-0.3, -0.25) is 10.1 Å². The molecule has 20 heavy (non-hydrogen) atoms. The van der Waals surface area contributed by atoms with Crippen LogP contribution in [0.25, 0.3) is 0 Å². The molecule has 1 unspecified atom stereocenters. The van der Waals surface area contributed by atoms with Gasteiger partial charge in [0.05, 0.1) is 6.61 Å². The van der Waals surface area contributed by atoms with Gasteiger partial charge in [-0.15, -0.1) is 0 Å². The van der Waals surface area contributed by atoms with Gasteiger partial charge in [0.15, 0.2) is 0 Å². The summed E-state index contributed by atoms with van der Waals surface area (Å²) in [5.74, 6) is -0.349. The number of esters is 1. The van der Waals surface area contributed by atoms with Crippen LogP contribution < -0.4 is 5.32 Å².